The minimum atomic E-state index is -4.15. The Hall–Kier alpha value is -4.63. The van der Waals surface area contributed by atoms with Crippen molar-refractivity contribution in [3.8, 4) is 5.75 Å². The summed E-state index contributed by atoms with van der Waals surface area (Å²) in [6, 6.07) is 29.4. The molecule has 0 fully saturated rings. The predicted octanol–water partition coefficient (Wildman–Crippen LogP) is 5.28. The molecule has 2 amide bonds. The van der Waals surface area contributed by atoms with Gasteiger partial charge in [0.05, 0.1) is 17.7 Å². The Morgan fingerprint density at radius 1 is 0.818 bits per heavy atom. The molecule has 0 radical (unpaired) electrons. The van der Waals surface area contributed by atoms with Crippen LogP contribution in [0.15, 0.2) is 108 Å². The van der Waals surface area contributed by atoms with E-state index in [0.717, 1.165) is 26.6 Å². The Bertz CT molecular complexity index is 1670. The summed E-state index contributed by atoms with van der Waals surface area (Å²) in [5.41, 5.74) is 3.73. The third-order valence-electron chi connectivity index (χ3n) is 7.29. The summed E-state index contributed by atoms with van der Waals surface area (Å²) in [7, 11) is -2.59. The number of carbonyl (C=O) groups is 2. The van der Waals surface area contributed by atoms with Gasteiger partial charge in [-0.25, -0.2) is 8.42 Å². The Kier molecular flexibility index (Phi) is 10.8. The molecule has 0 aliphatic carbocycles. The number of nitrogens with zero attached hydrogens (tertiary/aromatic N) is 2. The largest absolute Gasteiger partial charge is 0.497 e. The molecule has 0 bridgehead atoms. The second-order valence-corrected chi connectivity index (χ2v) is 12.5. The van der Waals surface area contributed by atoms with Crippen LogP contribution in [-0.2, 0) is 32.6 Å². The van der Waals surface area contributed by atoms with Crippen molar-refractivity contribution in [3.05, 3.63) is 125 Å². The number of carbonyl (C=O) groups excluding carboxylic acids is 2. The molecular weight excluding hydrogens is 574 g/mol. The first-order chi connectivity index (χ1) is 21.1. The molecule has 230 valence electrons. The lowest BCUT2D eigenvalue weighted by atomic mass is 10.0. The van der Waals surface area contributed by atoms with E-state index in [2.05, 4.69) is 5.32 Å². The zero-order chi connectivity index (χ0) is 31.7. The van der Waals surface area contributed by atoms with Crippen LogP contribution in [0.25, 0.3) is 0 Å². The first-order valence-electron chi connectivity index (χ1n) is 14.5. The molecule has 0 aliphatic rings. The van der Waals surface area contributed by atoms with Crippen LogP contribution in [0.4, 0.5) is 5.69 Å². The molecule has 8 nitrogen and oxygen atoms in total. The lowest BCUT2D eigenvalue weighted by Gasteiger charge is -2.34. The number of likely N-dealkylation sites (N-methyl/N-ethyl adjacent to an activating group) is 1. The molecule has 9 heteroatoms. The van der Waals surface area contributed by atoms with E-state index in [1.165, 1.54) is 4.90 Å². The summed E-state index contributed by atoms with van der Waals surface area (Å²) in [6.07, 6.45) is 0.248. The lowest BCUT2D eigenvalue weighted by molar-refractivity contribution is -0.140. The summed E-state index contributed by atoms with van der Waals surface area (Å²) in [6.45, 7) is 5.50. The molecule has 0 heterocycles. The molecule has 0 saturated carbocycles. The van der Waals surface area contributed by atoms with Crippen LogP contribution in [0, 0.1) is 13.8 Å². The van der Waals surface area contributed by atoms with Gasteiger partial charge in [0.2, 0.25) is 11.8 Å². The summed E-state index contributed by atoms with van der Waals surface area (Å²) in [5.74, 6) is -0.232. The van der Waals surface area contributed by atoms with Gasteiger partial charge in [-0.2, -0.15) is 0 Å². The minimum Gasteiger partial charge on any atom is -0.497 e. The van der Waals surface area contributed by atoms with Crippen molar-refractivity contribution in [1.82, 2.24) is 10.2 Å². The van der Waals surface area contributed by atoms with Gasteiger partial charge in [0, 0.05) is 19.5 Å². The maximum absolute atomic E-state index is 14.5. The normalized spacial score (nSPS) is 11.8. The quantitative estimate of drug-likeness (QED) is 0.221. The number of rotatable bonds is 13. The van der Waals surface area contributed by atoms with E-state index in [1.807, 2.05) is 69.3 Å². The van der Waals surface area contributed by atoms with Crippen LogP contribution < -0.4 is 14.4 Å². The standard InChI is InChI=1S/C35H39N3O5S/c1-5-36-35(40)33(23-28-12-7-6-8-13-28)37(24-29-14-10-16-31(22-29)43-4)34(39)25-38(30-15-9-11-27(3)21-30)44(41,42)32-19-17-26(2)18-20-32/h6-22,33H,5,23-25H2,1-4H3,(H,36,40)/t33-/m1/s1. The van der Waals surface area contributed by atoms with Gasteiger partial charge in [0.15, 0.2) is 0 Å². The third-order valence-corrected chi connectivity index (χ3v) is 9.07. The molecule has 1 atom stereocenters. The van der Waals surface area contributed by atoms with Gasteiger partial charge in [0.25, 0.3) is 10.0 Å². The van der Waals surface area contributed by atoms with Crippen LogP contribution in [0.1, 0.15) is 29.2 Å². The lowest BCUT2D eigenvalue weighted by Crippen LogP contribution is -2.53. The number of nitrogens with one attached hydrogen (secondary N) is 1. The molecule has 0 aromatic heterocycles. The molecule has 4 aromatic rings. The van der Waals surface area contributed by atoms with Crippen LogP contribution in [0.5, 0.6) is 5.75 Å². The van der Waals surface area contributed by atoms with Gasteiger partial charge in [-0.1, -0.05) is 72.3 Å². The first kappa shape index (κ1) is 32.3. The van der Waals surface area contributed by atoms with E-state index in [9.17, 15) is 18.0 Å². The van der Waals surface area contributed by atoms with E-state index >= 15 is 0 Å². The fraction of sp³-hybridized carbons (Fsp3) is 0.257. The number of methoxy groups -OCH3 is 1. The fourth-order valence-electron chi connectivity index (χ4n) is 4.96. The van der Waals surface area contributed by atoms with Crippen LogP contribution in [-0.4, -0.2) is 51.4 Å². The monoisotopic (exact) mass is 613 g/mol. The minimum absolute atomic E-state index is 0.0664. The van der Waals surface area contributed by atoms with Gasteiger partial charge < -0.3 is 15.0 Å². The molecule has 0 spiro atoms. The summed E-state index contributed by atoms with van der Waals surface area (Å²) < 4.78 is 34.8. The summed E-state index contributed by atoms with van der Waals surface area (Å²) in [5, 5.41) is 2.87. The second-order valence-electron chi connectivity index (χ2n) is 10.6. The highest BCUT2D eigenvalue weighted by molar-refractivity contribution is 7.92. The molecular formula is C35H39N3O5S. The van der Waals surface area contributed by atoms with Gasteiger partial charge in [-0.3, -0.25) is 13.9 Å². The number of hydrogen-bond donors (Lipinski definition) is 1. The average molecular weight is 614 g/mol. The van der Waals surface area contributed by atoms with Crippen LogP contribution in [0.2, 0.25) is 0 Å². The van der Waals surface area contributed by atoms with Gasteiger partial charge in [-0.15, -0.1) is 0 Å². The van der Waals surface area contributed by atoms with Crippen molar-refractivity contribution in [1.29, 1.82) is 0 Å². The number of amides is 2. The predicted molar refractivity (Wildman–Crippen MR) is 173 cm³/mol. The maximum atomic E-state index is 14.5. The van der Waals surface area contributed by atoms with Crippen molar-refractivity contribution >= 4 is 27.5 Å². The number of ether oxygens (including phenoxy) is 1. The Balaban J connectivity index is 1.80. The average Bonchev–Trinajstić information content (AvgIpc) is 3.02. The molecule has 44 heavy (non-hydrogen) atoms. The van der Waals surface area contributed by atoms with Crippen molar-refractivity contribution < 1.29 is 22.7 Å². The molecule has 1 N–H and O–H groups in total. The highest BCUT2D eigenvalue weighted by Gasteiger charge is 2.34. The zero-order valence-electron chi connectivity index (χ0n) is 25.6. The number of anilines is 1. The third kappa shape index (κ3) is 8.05. The molecule has 4 rings (SSSR count). The van der Waals surface area contributed by atoms with E-state index in [1.54, 1.807) is 61.7 Å². The molecule has 0 unspecified atom stereocenters. The van der Waals surface area contributed by atoms with Gasteiger partial charge in [0.1, 0.15) is 18.3 Å². The highest BCUT2D eigenvalue weighted by Crippen LogP contribution is 2.26. The number of aryl methyl sites for hydroxylation is 2. The Morgan fingerprint density at radius 2 is 1.50 bits per heavy atom. The molecule has 0 aliphatic heterocycles. The van der Waals surface area contributed by atoms with E-state index in [-0.39, 0.29) is 23.8 Å². The van der Waals surface area contributed by atoms with E-state index < -0.39 is 28.5 Å². The van der Waals surface area contributed by atoms with Gasteiger partial charge in [-0.05, 0) is 73.9 Å². The summed E-state index contributed by atoms with van der Waals surface area (Å²) >= 11 is 0. The fourth-order valence-corrected chi connectivity index (χ4v) is 6.37. The Morgan fingerprint density at radius 3 is 2.16 bits per heavy atom. The zero-order valence-corrected chi connectivity index (χ0v) is 26.4. The smallest absolute Gasteiger partial charge is 0.264 e. The van der Waals surface area contributed by atoms with Gasteiger partial charge >= 0.3 is 0 Å². The molecule has 4 aromatic carbocycles. The summed E-state index contributed by atoms with van der Waals surface area (Å²) in [4.78, 5) is 29.6. The second kappa shape index (κ2) is 14.7. The highest BCUT2D eigenvalue weighted by atomic mass is 32.2. The number of benzene rings is 4. The number of hydrogen-bond acceptors (Lipinski definition) is 5. The molecule has 0 saturated heterocycles. The number of sulfonamides is 1. The van der Waals surface area contributed by atoms with Crippen molar-refractivity contribution in [2.45, 2.75) is 44.7 Å². The SMILES string of the molecule is CCNC(=O)[C@@H](Cc1ccccc1)N(Cc1cccc(OC)c1)C(=O)CN(c1cccc(C)c1)S(=O)(=O)c1ccc(C)cc1. The van der Waals surface area contributed by atoms with E-state index in [4.69, 9.17) is 4.74 Å². The van der Waals surface area contributed by atoms with Crippen LogP contribution >= 0.6 is 0 Å². The van der Waals surface area contributed by atoms with E-state index in [0.29, 0.717) is 18.0 Å². The first-order valence-corrected chi connectivity index (χ1v) is 16.0. The van der Waals surface area contributed by atoms with Crippen molar-refractivity contribution in [2.75, 3.05) is 24.5 Å². The Labute approximate surface area is 260 Å². The van der Waals surface area contributed by atoms with Crippen LogP contribution in [0.3, 0.4) is 0 Å². The topological polar surface area (TPSA) is 96.0 Å². The van der Waals surface area contributed by atoms with Crippen molar-refractivity contribution in [2.24, 2.45) is 0 Å². The maximum Gasteiger partial charge on any atom is 0.264 e. The van der Waals surface area contributed by atoms with Crippen molar-refractivity contribution in [3.63, 3.8) is 0 Å².